The Morgan fingerprint density at radius 1 is 0.759 bits per heavy atom. The van der Waals surface area contributed by atoms with Crippen molar-refractivity contribution in [3.8, 4) is 0 Å². The second-order valence-electron chi connectivity index (χ2n) is 8.36. The lowest BCUT2D eigenvalue weighted by molar-refractivity contribution is 0.0462. The quantitative estimate of drug-likeness (QED) is 0.191. The molecule has 0 atom stereocenters. The van der Waals surface area contributed by atoms with E-state index in [1.165, 1.54) is 51.4 Å². The molecule has 0 aromatic carbocycles. The molecule has 1 aliphatic rings. The fraction of sp³-hybridized carbons (Fsp3) is 1.00. The van der Waals surface area contributed by atoms with Crippen molar-refractivity contribution in [3.05, 3.63) is 0 Å². The molecule has 1 saturated heterocycles. The third-order valence-electron chi connectivity index (χ3n) is 5.53. The summed E-state index contributed by atoms with van der Waals surface area (Å²) in [5.74, 6) is 0. The summed E-state index contributed by atoms with van der Waals surface area (Å²) >= 11 is 0. The van der Waals surface area contributed by atoms with Crippen molar-refractivity contribution in [1.82, 2.24) is 4.90 Å². The van der Waals surface area contributed by atoms with Crippen LogP contribution < -0.4 is 5.73 Å². The van der Waals surface area contributed by atoms with Gasteiger partial charge < -0.3 is 5.73 Å². The van der Waals surface area contributed by atoms with Gasteiger partial charge in [0.25, 0.3) is 0 Å². The van der Waals surface area contributed by atoms with Crippen LogP contribution >= 0.6 is 7.82 Å². The number of likely N-dealkylation sites (tertiary alicyclic amines) is 1. The first-order valence-electron chi connectivity index (χ1n) is 12.1. The molecule has 0 aliphatic carbocycles. The largest absolute Gasteiger partial charge is 0.476 e. The summed E-state index contributed by atoms with van der Waals surface area (Å²) in [6.45, 7) is 7.33. The Morgan fingerprint density at radius 2 is 1.21 bits per heavy atom. The van der Waals surface area contributed by atoms with Crippen LogP contribution in [0.3, 0.4) is 0 Å². The van der Waals surface area contributed by atoms with Gasteiger partial charge in [0.15, 0.2) is 0 Å². The number of phosphoric acid groups is 1. The van der Waals surface area contributed by atoms with E-state index in [1.807, 2.05) is 0 Å². The molecule has 0 amide bonds. The number of unbranched alkanes of at least 4 members (excludes halogenated alkanes) is 10. The Balaban J connectivity index is 2.30. The Kier molecular flexibility index (Phi) is 16.5. The van der Waals surface area contributed by atoms with E-state index in [2.05, 4.69) is 18.7 Å². The second-order valence-corrected chi connectivity index (χ2v) is 10.0. The maximum absolute atomic E-state index is 13.1. The van der Waals surface area contributed by atoms with Crippen LogP contribution in [-0.2, 0) is 18.1 Å². The van der Waals surface area contributed by atoms with E-state index in [0.717, 1.165) is 51.6 Å². The fourth-order valence-electron chi connectivity index (χ4n) is 3.46. The molecule has 174 valence electrons. The minimum Gasteiger partial charge on any atom is -0.328 e. The van der Waals surface area contributed by atoms with Crippen molar-refractivity contribution < 1.29 is 18.1 Å². The highest BCUT2D eigenvalue weighted by Gasteiger charge is 2.28. The molecule has 6 nitrogen and oxygen atoms in total. The molecule has 1 heterocycles. The smallest absolute Gasteiger partial charge is 0.328 e. The summed E-state index contributed by atoms with van der Waals surface area (Å²) in [5, 5.41) is 0. The summed E-state index contributed by atoms with van der Waals surface area (Å²) in [6, 6.07) is 0.269. The molecule has 0 spiro atoms. The van der Waals surface area contributed by atoms with Gasteiger partial charge in [0.1, 0.15) is 6.73 Å². The van der Waals surface area contributed by atoms with Gasteiger partial charge in [-0.2, -0.15) is 0 Å². The molecule has 0 aromatic rings. The normalized spacial score (nSPS) is 16.5. The average molecular weight is 435 g/mol. The Hall–Kier alpha value is 0.0300. The lowest BCUT2D eigenvalue weighted by atomic mass is 10.1. The second kappa shape index (κ2) is 17.7. The number of hydrogen-bond donors (Lipinski definition) is 1. The van der Waals surface area contributed by atoms with Crippen molar-refractivity contribution >= 4 is 7.82 Å². The highest BCUT2D eigenvalue weighted by atomic mass is 31.2. The molecular formula is C22H47N2O4P. The molecule has 7 heteroatoms. The highest BCUT2D eigenvalue weighted by molar-refractivity contribution is 7.48. The molecule has 0 bridgehead atoms. The molecule has 0 unspecified atom stereocenters. The van der Waals surface area contributed by atoms with Gasteiger partial charge in [-0.05, 0) is 25.7 Å². The van der Waals surface area contributed by atoms with Crippen LogP contribution in [0.4, 0.5) is 0 Å². The number of phosphoric ester groups is 1. The highest BCUT2D eigenvalue weighted by Crippen LogP contribution is 2.50. The van der Waals surface area contributed by atoms with Crippen molar-refractivity contribution in [3.63, 3.8) is 0 Å². The number of hydrogen-bond acceptors (Lipinski definition) is 6. The molecule has 29 heavy (non-hydrogen) atoms. The summed E-state index contributed by atoms with van der Waals surface area (Å²) in [6.07, 6.45) is 15.9. The van der Waals surface area contributed by atoms with Crippen molar-refractivity contribution in [2.24, 2.45) is 5.73 Å². The Morgan fingerprint density at radius 3 is 1.69 bits per heavy atom. The molecule has 0 saturated carbocycles. The van der Waals surface area contributed by atoms with E-state index in [9.17, 15) is 4.57 Å². The van der Waals surface area contributed by atoms with E-state index in [-0.39, 0.29) is 12.8 Å². The summed E-state index contributed by atoms with van der Waals surface area (Å²) in [7, 11) is -3.50. The maximum atomic E-state index is 13.1. The van der Waals surface area contributed by atoms with Gasteiger partial charge in [-0.25, -0.2) is 4.57 Å². The number of piperidine rings is 1. The molecule has 2 N–H and O–H groups in total. The van der Waals surface area contributed by atoms with E-state index < -0.39 is 7.82 Å². The number of nitrogens with zero attached hydrogens (tertiary/aromatic N) is 1. The van der Waals surface area contributed by atoms with E-state index in [4.69, 9.17) is 19.3 Å². The maximum Gasteiger partial charge on any atom is 0.476 e. The van der Waals surface area contributed by atoms with Crippen LogP contribution in [0.15, 0.2) is 0 Å². The topological polar surface area (TPSA) is 74.0 Å². The van der Waals surface area contributed by atoms with Crippen molar-refractivity contribution in [2.75, 3.05) is 33.0 Å². The Labute approximate surface area is 179 Å². The van der Waals surface area contributed by atoms with Gasteiger partial charge >= 0.3 is 7.82 Å². The number of rotatable bonds is 19. The molecule has 1 aliphatic heterocycles. The first kappa shape index (κ1) is 27.1. The average Bonchev–Trinajstić information content (AvgIpc) is 2.72. The third-order valence-corrected chi connectivity index (χ3v) is 6.95. The fourth-order valence-corrected chi connectivity index (χ4v) is 4.70. The van der Waals surface area contributed by atoms with E-state index >= 15 is 0 Å². The first-order valence-corrected chi connectivity index (χ1v) is 13.6. The van der Waals surface area contributed by atoms with Crippen molar-refractivity contribution in [1.29, 1.82) is 0 Å². The van der Waals surface area contributed by atoms with Crippen LogP contribution in [0.25, 0.3) is 0 Å². The zero-order valence-corrected chi connectivity index (χ0v) is 20.0. The zero-order valence-electron chi connectivity index (χ0n) is 19.1. The monoisotopic (exact) mass is 434 g/mol. The number of nitrogens with two attached hydrogens (primary N) is 1. The minimum absolute atomic E-state index is 0.269. The molecule has 1 fully saturated rings. The standard InChI is InChI=1S/C22H47N2O4P/c1-3-5-7-9-11-13-19-26-29(25,27-20-14-12-10-8-6-4-2)28-21-24-17-15-22(23)16-18-24/h22H,3-21,23H2,1-2H3. The third kappa shape index (κ3) is 14.6. The van der Waals surface area contributed by atoms with Crippen LogP contribution in [-0.4, -0.2) is 44.0 Å². The minimum atomic E-state index is -3.50. The Bertz CT molecular complexity index is 396. The van der Waals surface area contributed by atoms with Crippen molar-refractivity contribution in [2.45, 2.75) is 110 Å². The van der Waals surface area contributed by atoms with Crippen LogP contribution in [0, 0.1) is 0 Å². The van der Waals surface area contributed by atoms with Gasteiger partial charge in [0, 0.05) is 19.1 Å². The van der Waals surface area contributed by atoms with Gasteiger partial charge in [-0.15, -0.1) is 0 Å². The van der Waals surface area contributed by atoms with Crippen LogP contribution in [0.5, 0.6) is 0 Å². The molecular weight excluding hydrogens is 387 g/mol. The SMILES string of the molecule is CCCCCCCCOP(=O)(OCCCCCCCC)OCN1CCC(N)CC1. The van der Waals surface area contributed by atoms with Gasteiger partial charge in [0.2, 0.25) is 0 Å². The molecule has 1 rings (SSSR count). The lowest BCUT2D eigenvalue weighted by Crippen LogP contribution is -2.40. The predicted octanol–water partition coefficient (Wildman–Crippen LogP) is 6.25. The van der Waals surface area contributed by atoms with E-state index in [0.29, 0.717) is 13.2 Å². The van der Waals surface area contributed by atoms with E-state index in [1.54, 1.807) is 0 Å². The lowest BCUT2D eigenvalue weighted by Gasteiger charge is -2.30. The first-order chi connectivity index (χ1) is 14.1. The summed E-state index contributed by atoms with van der Waals surface area (Å²) < 4.78 is 30.1. The van der Waals surface area contributed by atoms with Gasteiger partial charge in [0.05, 0.1) is 13.2 Å². The van der Waals surface area contributed by atoms with Gasteiger partial charge in [-0.1, -0.05) is 78.1 Å². The van der Waals surface area contributed by atoms with Crippen LogP contribution in [0.2, 0.25) is 0 Å². The predicted molar refractivity (Wildman–Crippen MR) is 121 cm³/mol. The van der Waals surface area contributed by atoms with Crippen LogP contribution in [0.1, 0.15) is 104 Å². The summed E-state index contributed by atoms with van der Waals surface area (Å²) in [5.41, 5.74) is 5.96. The molecule has 0 radical (unpaired) electrons. The summed E-state index contributed by atoms with van der Waals surface area (Å²) in [4.78, 5) is 2.14. The molecule has 0 aromatic heterocycles. The zero-order chi connectivity index (χ0) is 21.2. The van der Waals surface area contributed by atoms with Gasteiger partial charge in [-0.3, -0.25) is 18.5 Å².